The highest BCUT2D eigenvalue weighted by Crippen LogP contribution is 2.26. The molecule has 5 N–H and O–H groups in total. The number of esters is 1. The number of para-hydroxylation sites is 1. The SMILES string of the molecule is COC(=O)c1ccc(NC(=O)Cn2cc(C(=N)N)c3cccc(CNc4cccnc4)c32)cc1. The van der Waals surface area contributed by atoms with E-state index < -0.39 is 5.97 Å². The summed E-state index contributed by atoms with van der Waals surface area (Å²) in [5.41, 5.74) is 9.98. The van der Waals surface area contributed by atoms with Gasteiger partial charge in [-0.05, 0) is 42.0 Å². The Bertz CT molecular complexity index is 1350. The quantitative estimate of drug-likeness (QED) is 0.182. The minimum atomic E-state index is -0.444. The Balaban J connectivity index is 1.58. The number of carbonyl (C=O) groups is 2. The molecule has 0 atom stereocenters. The predicted molar refractivity (Wildman–Crippen MR) is 131 cm³/mol. The normalized spacial score (nSPS) is 10.6. The van der Waals surface area contributed by atoms with E-state index in [0.717, 1.165) is 22.2 Å². The van der Waals surface area contributed by atoms with Gasteiger partial charge in [-0.15, -0.1) is 0 Å². The molecule has 0 aliphatic heterocycles. The summed E-state index contributed by atoms with van der Waals surface area (Å²) in [5.74, 6) is -0.770. The second-order valence-corrected chi connectivity index (χ2v) is 7.61. The van der Waals surface area contributed by atoms with Crippen LogP contribution in [0.1, 0.15) is 21.5 Å². The first-order valence-electron chi connectivity index (χ1n) is 10.5. The van der Waals surface area contributed by atoms with Crippen LogP contribution in [0.25, 0.3) is 10.9 Å². The van der Waals surface area contributed by atoms with Crippen molar-refractivity contribution in [3.05, 3.63) is 89.9 Å². The number of pyridine rings is 1. The average molecular weight is 457 g/mol. The molecule has 0 fully saturated rings. The fourth-order valence-electron chi connectivity index (χ4n) is 3.75. The second kappa shape index (κ2) is 9.86. The fraction of sp³-hybridized carbons (Fsp3) is 0.120. The molecule has 4 rings (SSSR count). The van der Waals surface area contributed by atoms with Crippen molar-refractivity contribution in [3.8, 4) is 0 Å². The van der Waals surface area contributed by atoms with Crippen molar-refractivity contribution in [1.29, 1.82) is 5.41 Å². The number of nitrogens with one attached hydrogen (secondary N) is 3. The third kappa shape index (κ3) is 4.88. The maximum absolute atomic E-state index is 12.8. The van der Waals surface area contributed by atoms with Crippen molar-refractivity contribution >= 4 is 40.0 Å². The lowest BCUT2D eigenvalue weighted by atomic mass is 10.1. The Morgan fingerprint density at radius 3 is 2.56 bits per heavy atom. The van der Waals surface area contributed by atoms with Crippen molar-refractivity contribution in [1.82, 2.24) is 9.55 Å². The van der Waals surface area contributed by atoms with E-state index in [2.05, 4.69) is 15.6 Å². The Labute approximate surface area is 196 Å². The number of amidine groups is 1. The highest BCUT2D eigenvalue weighted by atomic mass is 16.5. The number of hydrogen-bond donors (Lipinski definition) is 4. The first kappa shape index (κ1) is 22.5. The van der Waals surface area contributed by atoms with Gasteiger partial charge in [-0.2, -0.15) is 0 Å². The molecule has 9 nitrogen and oxygen atoms in total. The number of carbonyl (C=O) groups excluding carboxylic acids is 2. The first-order chi connectivity index (χ1) is 16.5. The molecule has 0 radical (unpaired) electrons. The van der Waals surface area contributed by atoms with Gasteiger partial charge < -0.3 is 25.7 Å². The number of nitrogen functional groups attached to an aromatic ring is 1. The third-order valence-electron chi connectivity index (χ3n) is 5.32. The summed E-state index contributed by atoms with van der Waals surface area (Å²) in [6.45, 7) is 0.521. The predicted octanol–water partition coefficient (Wildman–Crippen LogP) is 3.36. The summed E-state index contributed by atoms with van der Waals surface area (Å²) in [4.78, 5) is 28.5. The number of ether oxygens (including phenoxy) is 1. The van der Waals surface area contributed by atoms with Gasteiger partial charge in [0.2, 0.25) is 5.91 Å². The van der Waals surface area contributed by atoms with Crippen molar-refractivity contribution in [2.24, 2.45) is 5.73 Å². The van der Waals surface area contributed by atoms with Crippen LogP contribution in [0.15, 0.2) is 73.2 Å². The van der Waals surface area contributed by atoms with E-state index in [1.165, 1.54) is 7.11 Å². The zero-order chi connectivity index (χ0) is 24.1. The van der Waals surface area contributed by atoms with Gasteiger partial charge in [0.05, 0.1) is 23.9 Å². The van der Waals surface area contributed by atoms with Gasteiger partial charge in [0.25, 0.3) is 0 Å². The van der Waals surface area contributed by atoms with Gasteiger partial charge in [0.15, 0.2) is 0 Å². The summed E-state index contributed by atoms with van der Waals surface area (Å²) in [7, 11) is 1.31. The van der Waals surface area contributed by atoms with E-state index in [9.17, 15) is 9.59 Å². The molecular weight excluding hydrogens is 432 g/mol. The lowest BCUT2D eigenvalue weighted by molar-refractivity contribution is -0.116. The molecule has 34 heavy (non-hydrogen) atoms. The van der Waals surface area contributed by atoms with Gasteiger partial charge >= 0.3 is 5.97 Å². The maximum atomic E-state index is 12.8. The number of methoxy groups -OCH3 is 1. The van der Waals surface area contributed by atoms with Crippen molar-refractivity contribution in [2.75, 3.05) is 17.7 Å². The number of benzene rings is 2. The topological polar surface area (TPSA) is 135 Å². The van der Waals surface area contributed by atoms with Crippen LogP contribution >= 0.6 is 0 Å². The number of anilines is 2. The van der Waals surface area contributed by atoms with Crippen molar-refractivity contribution < 1.29 is 14.3 Å². The zero-order valence-corrected chi connectivity index (χ0v) is 18.5. The molecule has 4 aromatic rings. The standard InChI is InChI=1S/C25H24N6O3/c1-34-25(33)16-7-9-18(10-8-16)30-22(32)15-31-14-21(24(26)27)20-6-2-4-17(23(20)31)12-29-19-5-3-11-28-13-19/h2-11,13-14,29H,12,15H2,1H3,(H3,26,27)(H,30,32). The molecule has 1 amide bonds. The lowest BCUT2D eigenvalue weighted by Gasteiger charge is -2.12. The van der Waals surface area contributed by atoms with Crippen molar-refractivity contribution in [3.63, 3.8) is 0 Å². The zero-order valence-electron chi connectivity index (χ0n) is 18.5. The van der Waals surface area contributed by atoms with E-state index in [0.29, 0.717) is 23.4 Å². The summed E-state index contributed by atoms with van der Waals surface area (Å²) in [6.07, 6.45) is 5.16. The van der Waals surface area contributed by atoms with Gasteiger partial charge in [0.1, 0.15) is 12.4 Å². The van der Waals surface area contributed by atoms with Crippen LogP contribution in [0.4, 0.5) is 11.4 Å². The number of nitrogens with zero attached hydrogens (tertiary/aromatic N) is 2. The molecule has 0 bridgehead atoms. The molecule has 2 heterocycles. The van der Waals surface area contributed by atoms with E-state index in [1.54, 1.807) is 47.4 Å². The number of nitrogens with two attached hydrogens (primary N) is 1. The molecular formula is C25H24N6O3. The number of aromatic nitrogens is 2. The van der Waals surface area contributed by atoms with Gasteiger partial charge in [-0.25, -0.2) is 4.79 Å². The van der Waals surface area contributed by atoms with Crippen LogP contribution in [-0.4, -0.2) is 34.4 Å². The summed E-state index contributed by atoms with van der Waals surface area (Å²) >= 11 is 0. The van der Waals surface area contributed by atoms with Gasteiger partial charge in [-0.3, -0.25) is 15.2 Å². The Kier molecular flexibility index (Phi) is 6.54. The smallest absolute Gasteiger partial charge is 0.337 e. The van der Waals surface area contributed by atoms with Crippen LogP contribution in [-0.2, 0) is 22.6 Å². The summed E-state index contributed by atoms with van der Waals surface area (Å²) in [6, 6.07) is 16.0. The van der Waals surface area contributed by atoms with Gasteiger partial charge in [0, 0.05) is 41.8 Å². The van der Waals surface area contributed by atoms with Crippen LogP contribution in [0.5, 0.6) is 0 Å². The first-order valence-corrected chi connectivity index (χ1v) is 10.5. The van der Waals surface area contributed by atoms with Crippen LogP contribution in [0, 0.1) is 5.41 Å². The van der Waals surface area contributed by atoms with Crippen LogP contribution in [0.2, 0.25) is 0 Å². The van der Waals surface area contributed by atoms with E-state index in [1.807, 2.05) is 30.3 Å². The molecule has 0 aliphatic carbocycles. The molecule has 0 saturated heterocycles. The fourth-order valence-corrected chi connectivity index (χ4v) is 3.75. The largest absolute Gasteiger partial charge is 0.465 e. The Morgan fingerprint density at radius 2 is 1.88 bits per heavy atom. The molecule has 2 aromatic heterocycles. The number of hydrogen-bond acceptors (Lipinski definition) is 6. The molecule has 9 heteroatoms. The summed E-state index contributed by atoms with van der Waals surface area (Å²) in [5, 5.41) is 14.9. The minimum Gasteiger partial charge on any atom is -0.465 e. The maximum Gasteiger partial charge on any atom is 0.337 e. The number of fused-ring (bicyclic) bond motifs is 1. The number of amides is 1. The third-order valence-corrected chi connectivity index (χ3v) is 5.32. The van der Waals surface area contributed by atoms with Crippen molar-refractivity contribution in [2.45, 2.75) is 13.1 Å². The average Bonchev–Trinajstić information content (AvgIpc) is 3.22. The second-order valence-electron chi connectivity index (χ2n) is 7.61. The van der Waals surface area contributed by atoms with Crippen LogP contribution in [0.3, 0.4) is 0 Å². The van der Waals surface area contributed by atoms with E-state index >= 15 is 0 Å². The molecule has 0 saturated carbocycles. The lowest BCUT2D eigenvalue weighted by Crippen LogP contribution is -2.19. The number of rotatable bonds is 8. The van der Waals surface area contributed by atoms with Gasteiger partial charge in [-0.1, -0.05) is 18.2 Å². The van der Waals surface area contributed by atoms with E-state index in [-0.39, 0.29) is 18.3 Å². The van der Waals surface area contributed by atoms with E-state index in [4.69, 9.17) is 15.9 Å². The molecule has 0 unspecified atom stereocenters. The molecule has 2 aromatic carbocycles. The summed E-state index contributed by atoms with van der Waals surface area (Å²) < 4.78 is 6.49. The highest BCUT2D eigenvalue weighted by Gasteiger charge is 2.16. The monoisotopic (exact) mass is 456 g/mol. The highest BCUT2D eigenvalue weighted by molar-refractivity contribution is 6.08. The molecule has 0 aliphatic rings. The molecule has 172 valence electrons. The minimum absolute atomic E-state index is 0.0203. The van der Waals surface area contributed by atoms with Crippen LogP contribution < -0.4 is 16.4 Å². The molecule has 0 spiro atoms. The Morgan fingerprint density at radius 1 is 1.09 bits per heavy atom. The Hall–Kier alpha value is -4.66.